The van der Waals surface area contributed by atoms with Crippen LogP contribution < -0.4 is 4.73 Å². The van der Waals surface area contributed by atoms with Crippen LogP contribution in [0.5, 0.6) is 0 Å². The lowest BCUT2D eigenvalue weighted by atomic mass is 9.92. The molecule has 3 heterocycles. The fraction of sp³-hybridized carbons (Fsp3) is 0.545. The molecule has 1 fully saturated rings. The average molecular weight is 207 g/mol. The van der Waals surface area contributed by atoms with Gasteiger partial charge in [-0.2, -0.15) is 4.73 Å². The van der Waals surface area contributed by atoms with Gasteiger partial charge in [0, 0.05) is 18.2 Å². The van der Waals surface area contributed by atoms with E-state index in [-0.39, 0.29) is 0 Å². The molecule has 0 N–H and O–H groups in total. The molecule has 1 aromatic rings. The highest BCUT2D eigenvalue weighted by Gasteiger charge is 2.48. The first kappa shape index (κ1) is 9.12. The number of hydrogen-bond acceptors (Lipinski definition) is 3. The van der Waals surface area contributed by atoms with Crippen molar-refractivity contribution in [1.29, 1.82) is 0 Å². The summed E-state index contributed by atoms with van der Waals surface area (Å²) in [6.45, 7) is 1.81. The molecule has 0 bridgehead atoms. The van der Waals surface area contributed by atoms with Gasteiger partial charge in [-0.3, -0.25) is 0 Å². The molecule has 15 heavy (non-hydrogen) atoms. The number of nitrogens with zero attached hydrogens (tertiary/aromatic N) is 1. The first-order valence-electron chi connectivity index (χ1n) is 5.25. The molecule has 1 saturated heterocycles. The predicted octanol–water partition coefficient (Wildman–Crippen LogP) is 0.856. The van der Waals surface area contributed by atoms with Gasteiger partial charge in [-0.05, 0) is 18.9 Å². The zero-order valence-corrected chi connectivity index (χ0v) is 8.44. The van der Waals surface area contributed by atoms with E-state index in [0.29, 0.717) is 13.2 Å². The van der Waals surface area contributed by atoms with Crippen molar-refractivity contribution in [2.75, 3.05) is 13.2 Å². The van der Waals surface area contributed by atoms with Gasteiger partial charge in [-0.25, -0.2) is 0 Å². The second-order valence-corrected chi connectivity index (χ2v) is 4.15. The molecule has 3 rings (SSSR count). The van der Waals surface area contributed by atoms with E-state index >= 15 is 0 Å². The van der Waals surface area contributed by atoms with Gasteiger partial charge in [0.15, 0.2) is 11.8 Å². The number of pyridine rings is 1. The second-order valence-electron chi connectivity index (χ2n) is 4.15. The highest BCUT2D eigenvalue weighted by molar-refractivity contribution is 5.25. The fourth-order valence-electron chi connectivity index (χ4n) is 2.50. The average Bonchev–Trinajstić information content (AvgIpc) is 2.60. The van der Waals surface area contributed by atoms with Gasteiger partial charge in [0.1, 0.15) is 0 Å². The van der Waals surface area contributed by atoms with E-state index in [1.54, 1.807) is 6.07 Å². The lowest BCUT2D eigenvalue weighted by molar-refractivity contribution is -0.622. The van der Waals surface area contributed by atoms with Crippen molar-refractivity contribution in [1.82, 2.24) is 0 Å². The Bertz CT molecular complexity index is 380. The van der Waals surface area contributed by atoms with E-state index in [4.69, 9.17) is 9.47 Å². The highest BCUT2D eigenvalue weighted by atomic mass is 16.6. The van der Waals surface area contributed by atoms with Crippen LogP contribution in [0.2, 0.25) is 0 Å². The van der Waals surface area contributed by atoms with Gasteiger partial charge in [0.25, 0.3) is 0 Å². The van der Waals surface area contributed by atoms with E-state index in [9.17, 15) is 5.21 Å². The molecule has 2 aliphatic rings. The molecule has 1 aromatic heterocycles. The number of rotatable bonds is 0. The number of hydrogen-bond donors (Lipinski definition) is 0. The largest absolute Gasteiger partial charge is 0.618 e. The third kappa shape index (κ3) is 1.25. The van der Waals surface area contributed by atoms with Crippen molar-refractivity contribution >= 4 is 0 Å². The minimum absolute atomic E-state index is 0.476. The predicted molar refractivity (Wildman–Crippen MR) is 51.9 cm³/mol. The summed E-state index contributed by atoms with van der Waals surface area (Å²) in [4.78, 5) is 0. The molecule has 0 saturated carbocycles. The second kappa shape index (κ2) is 3.18. The molecular formula is C11H13NO3. The lowest BCUT2D eigenvalue weighted by Gasteiger charge is -2.30. The normalized spacial score (nSPS) is 29.3. The third-order valence-electron chi connectivity index (χ3n) is 3.18. The van der Waals surface area contributed by atoms with E-state index in [1.165, 1.54) is 6.20 Å². The summed E-state index contributed by atoms with van der Waals surface area (Å²) in [7, 11) is 0. The molecule has 1 atom stereocenters. The summed E-state index contributed by atoms with van der Waals surface area (Å²) in [6, 6.07) is 3.71. The Morgan fingerprint density at radius 1 is 1.47 bits per heavy atom. The van der Waals surface area contributed by atoms with Crippen molar-refractivity contribution in [3.05, 3.63) is 34.8 Å². The molecule has 0 amide bonds. The maximum Gasteiger partial charge on any atom is 0.232 e. The van der Waals surface area contributed by atoms with Crippen molar-refractivity contribution < 1.29 is 14.2 Å². The van der Waals surface area contributed by atoms with Crippen LogP contribution >= 0.6 is 0 Å². The third-order valence-corrected chi connectivity index (χ3v) is 3.18. The van der Waals surface area contributed by atoms with Crippen LogP contribution in [0.25, 0.3) is 0 Å². The minimum atomic E-state index is -0.476. The molecule has 1 unspecified atom stereocenters. The van der Waals surface area contributed by atoms with Crippen molar-refractivity contribution in [3.8, 4) is 0 Å². The molecule has 4 heteroatoms. The maximum atomic E-state index is 11.8. The summed E-state index contributed by atoms with van der Waals surface area (Å²) in [6.07, 6.45) is 3.37. The van der Waals surface area contributed by atoms with Crippen LogP contribution in [0.3, 0.4) is 0 Å². The van der Waals surface area contributed by atoms with Crippen LogP contribution in [-0.2, 0) is 21.7 Å². The summed E-state index contributed by atoms with van der Waals surface area (Å²) in [5.74, 6) is 0. The van der Waals surface area contributed by atoms with Crippen LogP contribution in [-0.4, -0.2) is 13.2 Å². The summed E-state index contributed by atoms with van der Waals surface area (Å²) >= 11 is 0. The van der Waals surface area contributed by atoms with E-state index in [2.05, 4.69) is 0 Å². The maximum absolute atomic E-state index is 11.8. The van der Waals surface area contributed by atoms with E-state index in [0.717, 1.165) is 35.4 Å². The summed E-state index contributed by atoms with van der Waals surface area (Å²) in [5.41, 5.74) is 1.28. The van der Waals surface area contributed by atoms with Crippen molar-refractivity contribution in [2.24, 2.45) is 0 Å². The minimum Gasteiger partial charge on any atom is -0.618 e. The van der Waals surface area contributed by atoms with E-state index < -0.39 is 5.60 Å². The van der Waals surface area contributed by atoms with Gasteiger partial charge in [0.2, 0.25) is 5.69 Å². The Balaban J connectivity index is 2.09. The molecule has 0 aliphatic carbocycles. The van der Waals surface area contributed by atoms with Crippen molar-refractivity contribution in [2.45, 2.75) is 25.0 Å². The van der Waals surface area contributed by atoms with Gasteiger partial charge in [-0.1, -0.05) is 0 Å². The Labute approximate surface area is 88.0 Å². The molecular weight excluding hydrogens is 194 g/mol. The summed E-state index contributed by atoms with van der Waals surface area (Å²) in [5, 5.41) is 11.8. The monoisotopic (exact) mass is 207 g/mol. The Hall–Kier alpha value is -1.13. The smallest absolute Gasteiger partial charge is 0.232 e. The highest BCUT2D eigenvalue weighted by Crippen LogP contribution is 2.39. The first-order chi connectivity index (χ1) is 7.32. The van der Waals surface area contributed by atoms with Gasteiger partial charge < -0.3 is 14.7 Å². The standard InChI is InChI=1S/C11H13NO3/c13-12-5-1-3-9-7-15-11(10(9)12)4-2-6-14-8-11/h1,3,5H,2,4,6-8H2. The Kier molecular flexibility index (Phi) is 1.94. The fourth-order valence-corrected chi connectivity index (χ4v) is 2.50. The number of aromatic nitrogens is 1. The summed E-state index contributed by atoms with van der Waals surface area (Å²) < 4.78 is 12.2. The van der Waals surface area contributed by atoms with Crippen molar-refractivity contribution in [3.63, 3.8) is 0 Å². The Morgan fingerprint density at radius 3 is 3.20 bits per heavy atom. The quantitative estimate of drug-likeness (QED) is 0.468. The first-order valence-corrected chi connectivity index (χ1v) is 5.25. The molecule has 1 spiro atoms. The number of ether oxygens (including phenoxy) is 2. The molecule has 0 aromatic carbocycles. The van der Waals surface area contributed by atoms with Gasteiger partial charge in [-0.15, -0.1) is 0 Å². The lowest BCUT2D eigenvalue weighted by Crippen LogP contribution is -2.45. The zero-order valence-electron chi connectivity index (χ0n) is 8.44. The molecule has 0 radical (unpaired) electrons. The van der Waals surface area contributed by atoms with E-state index in [1.807, 2.05) is 6.07 Å². The van der Waals surface area contributed by atoms with Gasteiger partial charge >= 0.3 is 0 Å². The molecule has 80 valence electrons. The SMILES string of the molecule is [O-][n+]1cccc2c1C1(CCCOC1)OC2. The zero-order chi connectivity index (χ0) is 10.3. The van der Waals surface area contributed by atoms with Crippen LogP contribution in [0, 0.1) is 5.21 Å². The van der Waals surface area contributed by atoms with Gasteiger partial charge in [0.05, 0.1) is 13.2 Å². The molecule has 4 nitrogen and oxygen atoms in total. The molecule has 2 aliphatic heterocycles. The number of fused-ring (bicyclic) bond motifs is 2. The topological polar surface area (TPSA) is 45.4 Å². The van der Waals surface area contributed by atoms with Crippen LogP contribution in [0.4, 0.5) is 0 Å². The Morgan fingerprint density at radius 2 is 2.40 bits per heavy atom. The van der Waals surface area contributed by atoms with Crippen LogP contribution in [0.1, 0.15) is 24.1 Å². The van der Waals surface area contributed by atoms with Crippen LogP contribution in [0.15, 0.2) is 18.3 Å².